The summed E-state index contributed by atoms with van der Waals surface area (Å²) in [5.74, 6) is 1.17. The molecule has 7 heavy (non-hydrogen) atoms. The molecule has 0 unspecified atom stereocenters. The van der Waals surface area contributed by atoms with Crippen LogP contribution in [-0.2, 0) is 4.74 Å². The van der Waals surface area contributed by atoms with Gasteiger partial charge in [0.05, 0.1) is 0 Å². The van der Waals surface area contributed by atoms with Gasteiger partial charge in [-0.05, 0) is 25.3 Å². The zero-order valence-electron chi connectivity index (χ0n) is 4.11. The van der Waals surface area contributed by atoms with Crippen LogP contribution in [0, 0.1) is 6.10 Å². The predicted octanol–water partition coefficient (Wildman–Crippen LogP) is 1.62. The molecule has 1 fully saturated rings. The standard InChI is InChI=1S/C6H7O/c1-2-4-6-5(3-1)7-6/h3H,1-2,4H2. The second-order valence-corrected chi connectivity index (χ2v) is 1.99. The summed E-state index contributed by atoms with van der Waals surface area (Å²) in [4.78, 5) is 0. The molecular formula is C6H7O. The topological polar surface area (TPSA) is 12.5 Å². The number of rotatable bonds is 0. The zero-order valence-corrected chi connectivity index (χ0v) is 4.11. The van der Waals surface area contributed by atoms with Crippen molar-refractivity contribution in [1.29, 1.82) is 0 Å². The second-order valence-electron chi connectivity index (χ2n) is 1.99. The lowest BCUT2D eigenvalue weighted by Gasteiger charge is -1.90. The maximum atomic E-state index is 5.06. The third-order valence-electron chi connectivity index (χ3n) is 1.40. The Morgan fingerprint density at radius 3 is 3.14 bits per heavy atom. The van der Waals surface area contributed by atoms with Crippen molar-refractivity contribution in [1.82, 2.24) is 0 Å². The van der Waals surface area contributed by atoms with Gasteiger partial charge in [-0.3, -0.25) is 0 Å². The number of ether oxygens (including phenoxy) is 1. The molecule has 2 rings (SSSR count). The lowest BCUT2D eigenvalue weighted by molar-refractivity contribution is 0.488. The molecular weight excluding hydrogens is 88.1 g/mol. The van der Waals surface area contributed by atoms with E-state index in [2.05, 4.69) is 6.08 Å². The van der Waals surface area contributed by atoms with Crippen LogP contribution in [0.1, 0.15) is 19.3 Å². The minimum absolute atomic E-state index is 1.17. The normalized spacial score (nSPS) is 27.7. The molecule has 0 spiro atoms. The largest absolute Gasteiger partial charge is 0.475 e. The van der Waals surface area contributed by atoms with E-state index in [1.54, 1.807) is 0 Å². The van der Waals surface area contributed by atoms with Crippen LogP contribution in [0.2, 0.25) is 0 Å². The molecule has 2 aliphatic rings. The third-order valence-corrected chi connectivity index (χ3v) is 1.40. The van der Waals surface area contributed by atoms with Gasteiger partial charge in [0.1, 0.15) is 5.76 Å². The summed E-state index contributed by atoms with van der Waals surface area (Å²) in [6, 6.07) is 0. The molecule has 1 aliphatic carbocycles. The van der Waals surface area contributed by atoms with E-state index < -0.39 is 0 Å². The smallest absolute Gasteiger partial charge is 0.211 e. The molecule has 1 heteroatoms. The van der Waals surface area contributed by atoms with E-state index in [1.807, 2.05) is 0 Å². The van der Waals surface area contributed by atoms with Crippen molar-refractivity contribution in [3.63, 3.8) is 0 Å². The highest BCUT2D eigenvalue weighted by atomic mass is 16.6. The molecule has 37 valence electrons. The fourth-order valence-electron chi connectivity index (χ4n) is 0.933. The number of epoxide rings is 1. The van der Waals surface area contributed by atoms with Crippen molar-refractivity contribution in [3.05, 3.63) is 17.9 Å². The highest BCUT2D eigenvalue weighted by Crippen LogP contribution is 2.43. The Morgan fingerprint density at radius 1 is 1.57 bits per heavy atom. The van der Waals surface area contributed by atoms with E-state index in [1.165, 1.54) is 31.1 Å². The van der Waals surface area contributed by atoms with E-state index in [0.29, 0.717) is 0 Å². The van der Waals surface area contributed by atoms with E-state index in [4.69, 9.17) is 4.74 Å². The van der Waals surface area contributed by atoms with Gasteiger partial charge in [-0.25, -0.2) is 0 Å². The van der Waals surface area contributed by atoms with Crippen LogP contribution >= 0.6 is 0 Å². The fourth-order valence-corrected chi connectivity index (χ4v) is 0.933. The maximum Gasteiger partial charge on any atom is 0.211 e. The molecule has 0 N–H and O–H groups in total. The number of fused-ring (bicyclic) bond motifs is 1. The summed E-state index contributed by atoms with van der Waals surface area (Å²) in [6.45, 7) is 0. The second kappa shape index (κ2) is 1.03. The predicted molar refractivity (Wildman–Crippen MR) is 26.3 cm³/mol. The first kappa shape index (κ1) is 3.53. The summed E-state index contributed by atoms with van der Waals surface area (Å²) < 4.78 is 5.06. The first-order valence-electron chi connectivity index (χ1n) is 2.71. The Labute approximate surface area is 43.0 Å². The highest BCUT2D eigenvalue weighted by molar-refractivity contribution is 5.29. The number of hydrogen-bond acceptors (Lipinski definition) is 1. The van der Waals surface area contributed by atoms with Crippen molar-refractivity contribution in [3.8, 4) is 0 Å². The van der Waals surface area contributed by atoms with Gasteiger partial charge in [-0.2, -0.15) is 0 Å². The molecule has 1 aliphatic heterocycles. The van der Waals surface area contributed by atoms with E-state index >= 15 is 0 Å². The van der Waals surface area contributed by atoms with Crippen LogP contribution in [0.3, 0.4) is 0 Å². The summed E-state index contributed by atoms with van der Waals surface area (Å²) in [5, 5.41) is 0. The molecule has 1 nitrogen and oxygen atoms in total. The number of hydrogen-bond donors (Lipinski definition) is 0. The van der Waals surface area contributed by atoms with E-state index in [-0.39, 0.29) is 0 Å². The van der Waals surface area contributed by atoms with E-state index in [9.17, 15) is 0 Å². The minimum Gasteiger partial charge on any atom is -0.475 e. The Kier molecular flexibility index (Phi) is 0.518. The van der Waals surface area contributed by atoms with Crippen molar-refractivity contribution in [2.75, 3.05) is 0 Å². The lowest BCUT2D eigenvalue weighted by atomic mass is 10.1. The van der Waals surface area contributed by atoms with Crippen molar-refractivity contribution in [2.45, 2.75) is 19.3 Å². The SMILES string of the molecule is C1=C2O[C]2CCC1. The molecule has 1 heterocycles. The van der Waals surface area contributed by atoms with Crippen LogP contribution in [0.15, 0.2) is 11.8 Å². The third kappa shape index (κ3) is 0.441. The molecule has 0 bridgehead atoms. The van der Waals surface area contributed by atoms with Crippen LogP contribution in [-0.4, -0.2) is 0 Å². The maximum absolute atomic E-state index is 5.06. The van der Waals surface area contributed by atoms with Gasteiger partial charge >= 0.3 is 0 Å². The Morgan fingerprint density at radius 2 is 2.57 bits per heavy atom. The molecule has 0 atom stereocenters. The summed E-state index contributed by atoms with van der Waals surface area (Å²) in [7, 11) is 0. The molecule has 0 aromatic heterocycles. The number of allylic oxidation sites excluding steroid dienone is 1. The Bertz CT molecular complexity index is 115. The van der Waals surface area contributed by atoms with Gasteiger partial charge in [-0.15, -0.1) is 0 Å². The minimum atomic E-state index is 1.17. The van der Waals surface area contributed by atoms with Gasteiger partial charge in [0.25, 0.3) is 0 Å². The molecule has 1 radical (unpaired) electrons. The molecule has 0 aromatic carbocycles. The average molecular weight is 95.1 g/mol. The van der Waals surface area contributed by atoms with Gasteiger partial charge in [-0.1, -0.05) is 0 Å². The average Bonchev–Trinajstić information content (AvgIpc) is 2.41. The Balaban J connectivity index is 2.19. The quantitative estimate of drug-likeness (QED) is 0.416. The van der Waals surface area contributed by atoms with Crippen LogP contribution in [0.25, 0.3) is 0 Å². The first-order valence-corrected chi connectivity index (χ1v) is 2.71. The van der Waals surface area contributed by atoms with Crippen LogP contribution in [0.4, 0.5) is 0 Å². The summed E-state index contributed by atoms with van der Waals surface area (Å²) in [6.07, 6.45) is 7.11. The highest BCUT2D eigenvalue weighted by Gasteiger charge is 2.35. The summed E-state index contributed by atoms with van der Waals surface area (Å²) >= 11 is 0. The summed E-state index contributed by atoms with van der Waals surface area (Å²) in [5.41, 5.74) is 0. The molecule has 0 aromatic rings. The van der Waals surface area contributed by atoms with Gasteiger partial charge in [0, 0.05) is 0 Å². The zero-order chi connectivity index (χ0) is 4.69. The lowest BCUT2D eigenvalue weighted by Crippen LogP contribution is -1.79. The van der Waals surface area contributed by atoms with Crippen molar-refractivity contribution < 1.29 is 4.74 Å². The molecule has 0 amide bonds. The van der Waals surface area contributed by atoms with Crippen LogP contribution in [0.5, 0.6) is 0 Å². The molecule has 1 saturated heterocycles. The fraction of sp³-hybridized carbons (Fsp3) is 0.500. The van der Waals surface area contributed by atoms with Gasteiger partial charge in [0.2, 0.25) is 6.10 Å². The Hall–Kier alpha value is -0.460. The van der Waals surface area contributed by atoms with Gasteiger partial charge in [0.15, 0.2) is 0 Å². The van der Waals surface area contributed by atoms with Gasteiger partial charge < -0.3 is 4.74 Å². The monoisotopic (exact) mass is 95.0 g/mol. The molecule has 0 saturated carbocycles. The van der Waals surface area contributed by atoms with Crippen LogP contribution < -0.4 is 0 Å². The van der Waals surface area contributed by atoms with Crippen molar-refractivity contribution in [2.24, 2.45) is 0 Å². The first-order chi connectivity index (χ1) is 3.47. The van der Waals surface area contributed by atoms with Crippen molar-refractivity contribution >= 4 is 0 Å². The van der Waals surface area contributed by atoms with E-state index in [0.717, 1.165) is 0 Å².